The van der Waals surface area contributed by atoms with E-state index in [1.54, 1.807) is 43.3 Å². The number of nitro groups is 1. The number of thiocarbonyl (C=S) groups is 1. The van der Waals surface area contributed by atoms with Crippen LogP contribution >= 0.6 is 24.0 Å². The molecular formula is C19H14N2O4S2. The second-order valence-corrected chi connectivity index (χ2v) is 7.51. The lowest BCUT2D eigenvalue weighted by molar-refractivity contribution is -0.384. The van der Waals surface area contributed by atoms with Gasteiger partial charge >= 0.3 is 0 Å². The number of thioether (sulfide) groups is 1. The lowest BCUT2D eigenvalue weighted by Gasteiger charge is -2.15. The predicted octanol–water partition coefficient (Wildman–Crippen LogP) is 4.59. The van der Waals surface area contributed by atoms with Crippen molar-refractivity contribution in [1.82, 2.24) is 0 Å². The SMILES string of the molecule is CC(=O)c1ccc(N2C(=O)/C(=C(\C)c3ccc([N+](=O)[O-])cc3)SC2=S)cc1. The summed E-state index contributed by atoms with van der Waals surface area (Å²) in [6.07, 6.45) is 0. The largest absolute Gasteiger partial charge is 0.295 e. The molecule has 2 aromatic carbocycles. The molecule has 3 rings (SSSR count). The molecule has 1 aliphatic heterocycles. The Bertz CT molecular complexity index is 995. The number of anilines is 1. The Hall–Kier alpha value is -2.84. The second-order valence-electron chi connectivity index (χ2n) is 5.87. The van der Waals surface area contributed by atoms with Crippen LogP contribution in [0.2, 0.25) is 0 Å². The summed E-state index contributed by atoms with van der Waals surface area (Å²) in [6.45, 7) is 3.26. The fourth-order valence-electron chi connectivity index (χ4n) is 2.63. The maximum Gasteiger partial charge on any atom is 0.271 e. The van der Waals surface area contributed by atoms with Gasteiger partial charge in [-0.2, -0.15) is 0 Å². The summed E-state index contributed by atoms with van der Waals surface area (Å²) in [6, 6.07) is 12.7. The van der Waals surface area contributed by atoms with Crippen LogP contribution in [0.1, 0.15) is 29.8 Å². The van der Waals surface area contributed by atoms with Crippen LogP contribution in [-0.4, -0.2) is 20.9 Å². The van der Waals surface area contributed by atoms with Crippen molar-refractivity contribution >= 4 is 56.9 Å². The minimum absolute atomic E-state index is 0.00957. The number of carbonyl (C=O) groups is 2. The summed E-state index contributed by atoms with van der Waals surface area (Å²) in [5.41, 5.74) is 2.55. The van der Waals surface area contributed by atoms with Crippen molar-refractivity contribution in [1.29, 1.82) is 0 Å². The van der Waals surface area contributed by atoms with Gasteiger partial charge in [0.25, 0.3) is 11.6 Å². The number of Topliss-reactive ketones (excluding diaryl/α,β-unsaturated/α-hetero) is 1. The number of carbonyl (C=O) groups excluding carboxylic acids is 2. The van der Waals surface area contributed by atoms with E-state index in [1.165, 1.54) is 35.7 Å². The molecule has 27 heavy (non-hydrogen) atoms. The molecule has 1 amide bonds. The van der Waals surface area contributed by atoms with Gasteiger partial charge in [0.1, 0.15) is 0 Å². The van der Waals surface area contributed by atoms with Crippen LogP contribution in [-0.2, 0) is 4.79 Å². The first kappa shape index (κ1) is 18.9. The van der Waals surface area contributed by atoms with Crippen molar-refractivity contribution < 1.29 is 14.5 Å². The third-order valence-electron chi connectivity index (χ3n) is 4.15. The minimum atomic E-state index is -0.469. The van der Waals surface area contributed by atoms with E-state index in [0.29, 0.717) is 31.6 Å². The molecule has 2 aromatic rings. The Morgan fingerprint density at radius 3 is 2.11 bits per heavy atom. The molecule has 0 spiro atoms. The van der Waals surface area contributed by atoms with Crippen molar-refractivity contribution in [3.05, 3.63) is 74.7 Å². The third-order valence-corrected chi connectivity index (χ3v) is 5.63. The molecule has 1 fully saturated rings. The average Bonchev–Trinajstić information content (AvgIpc) is 2.95. The van der Waals surface area contributed by atoms with Crippen LogP contribution in [0.5, 0.6) is 0 Å². The molecule has 0 radical (unpaired) electrons. The first-order chi connectivity index (χ1) is 12.8. The van der Waals surface area contributed by atoms with E-state index in [1.807, 2.05) is 0 Å². The normalized spacial score (nSPS) is 15.9. The van der Waals surface area contributed by atoms with E-state index in [9.17, 15) is 19.7 Å². The Balaban J connectivity index is 1.93. The quantitative estimate of drug-likeness (QED) is 0.246. The van der Waals surface area contributed by atoms with Crippen LogP contribution in [0.25, 0.3) is 5.57 Å². The van der Waals surface area contributed by atoms with Crippen LogP contribution < -0.4 is 4.90 Å². The average molecular weight is 398 g/mol. The summed E-state index contributed by atoms with van der Waals surface area (Å²) < 4.78 is 0.395. The predicted molar refractivity (Wildman–Crippen MR) is 110 cm³/mol. The standard InChI is InChI=1S/C19H14N2O4S2/c1-11(13-3-9-16(10-4-13)21(24)25)17-18(23)20(19(26)27-17)15-7-5-14(6-8-15)12(2)22/h3-10H,1-2H3/b17-11-. The summed E-state index contributed by atoms with van der Waals surface area (Å²) in [7, 11) is 0. The van der Waals surface area contributed by atoms with Gasteiger partial charge in [-0.25, -0.2) is 0 Å². The van der Waals surface area contributed by atoms with Gasteiger partial charge in [-0.05, 0) is 61.4 Å². The minimum Gasteiger partial charge on any atom is -0.295 e. The smallest absolute Gasteiger partial charge is 0.271 e. The zero-order valence-corrected chi connectivity index (χ0v) is 16.1. The molecule has 0 bridgehead atoms. The highest BCUT2D eigenvalue weighted by molar-refractivity contribution is 8.27. The maximum atomic E-state index is 12.9. The Morgan fingerprint density at radius 1 is 1.04 bits per heavy atom. The highest BCUT2D eigenvalue weighted by Crippen LogP contribution is 2.39. The van der Waals surface area contributed by atoms with Crippen molar-refractivity contribution in [2.24, 2.45) is 0 Å². The van der Waals surface area contributed by atoms with Crippen LogP contribution in [0.15, 0.2) is 53.4 Å². The fraction of sp³-hybridized carbons (Fsp3) is 0.105. The fourth-order valence-corrected chi connectivity index (χ4v) is 3.97. The molecule has 0 aromatic heterocycles. The molecular weight excluding hydrogens is 384 g/mol. The van der Waals surface area contributed by atoms with E-state index in [2.05, 4.69) is 0 Å². The molecule has 0 unspecified atom stereocenters. The number of benzene rings is 2. The Morgan fingerprint density at radius 2 is 1.59 bits per heavy atom. The zero-order chi connectivity index (χ0) is 19.7. The highest BCUT2D eigenvalue weighted by atomic mass is 32.2. The Labute approximate surface area is 165 Å². The lowest BCUT2D eigenvalue weighted by atomic mass is 10.1. The van der Waals surface area contributed by atoms with E-state index in [0.717, 1.165) is 0 Å². The van der Waals surface area contributed by atoms with Gasteiger partial charge in [0, 0.05) is 17.7 Å². The van der Waals surface area contributed by atoms with Crippen molar-refractivity contribution in [3.8, 4) is 0 Å². The van der Waals surface area contributed by atoms with Gasteiger partial charge in [0.15, 0.2) is 10.1 Å². The number of amides is 1. The number of hydrogen-bond donors (Lipinski definition) is 0. The highest BCUT2D eigenvalue weighted by Gasteiger charge is 2.35. The molecule has 0 saturated carbocycles. The summed E-state index contributed by atoms with van der Waals surface area (Å²) in [5, 5.41) is 10.8. The van der Waals surface area contributed by atoms with Crippen molar-refractivity contribution in [2.45, 2.75) is 13.8 Å². The van der Waals surface area contributed by atoms with Gasteiger partial charge in [-0.1, -0.05) is 24.0 Å². The number of rotatable bonds is 4. The maximum absolute atomic E-state index is 12.9. The molecule has 6 nitrogen and oxygen atoms in total. The van der Waals surface area contributed by atoms with E-state index < -0.39 is 4.92 Å². The Kier molecular flexibility index (Phi) is 5.20. The number of nitrogens with zero attached hydrogens (tertiary/aromatic N) is 2. The van der Waals surface area contributed by atoms with Gasteiger partial charge in [-0.15, -0.1) is 0 Å². The van der Waals surface area contributed by atoms with Crippen LogP contribution in [0.3, 0.4) is 0 Å². The first-order valence-corrected chi connectivity index (χ1v) is 9.15. The third kappa shape index (κ3) is 3.67. The monoisotopic (exact) mass is 398 g/mol. The second kappa shape index (κ2) is 7.42. The first-order valence-electron chi connectivity index (χ1n) is 7.92. The number of hydrogen-bond acceptors (Lipinski definition) is 6. The zero-order valence-electron chi connectivity index (χ0n) is 14.5. The van der Waals surface area contributed by atoms with Crippen LogP contribution in [0.4, 0.5) is 11.4 Å². The lowest BCUT2D eigenvalue weighted by Crippen LogP contribution is -2.27. The van der Waals surface area contributed by atoms with Gasteiger partial charge < -0.3 is 0 Å². The summed E-state index contributed by atoms with van der Waals surface area (Å²) in [4.78, 5) is 36.5. The van der Waals surface area contributed by atoms with Crippen molar-refractivity contribution in [2.75, 3.05) is 4.90 Å². The molecule has 0 aliphatic carbocycles. The van der Waals surface area contributed by atoms with E-state index >= 15 is 0 Å². The van der Waals surface area contributed by atoms with Gasteiger partial charge in [-0.3, -0.25) is 24.6 Å². The van der Waals surface area contributed by atoms with E-state index in [4.69, 9.17) is 12.2 Å². The number of ketones is 1. The molecule has 1 heterocycles. The summed E-state index contributed by atoms with van der Waals surface area (Å²) >= 11 is 6.55. The summed E-state index contributed by atoms with van der Waals surface area (Å²) in [5.74, 6) is -0.308. The topological polar surface area (TPSA) is 80.5 Å². The molecule has 1 aliphatic rings. The van der Waals surface area contributed by atoms with Crippen LogP contribution in [0, 0.1) is 10.1 Å². The number of non-ortho nitro benzene ring substituents is 1. The molecule has 0 N–H and O–H groups in total. The number of allylic oxidation sites excluding steroid dienone is 1. The van der Waals surface area contributed by atoms with Gasteiger partial charge in [0.2, 0.25) is 0 Å². The van der Waals surface area contributed by atoms with E-state index in [-0.39, 0.29) is 17.4 Å². The molecule has 1 saturated heterocycles. The molecule has 8 heteroatoms. The molecule has 0 atom stereocenters. The molecule has 136 valence electrons. The van der Waals surface area contributed by atoms with Gasteiger partial charge in [0.05, 0.1) is 15.5 Å². The number of nitro benzene ring substituents is 1. The van der Waals surface area contributed by atoms with Crippen molar-refractivity contribution in [3.63, 3.8) is 0 Å².